The summed E-state index contributed by atoms with van der Waals surface area (Å²) in [5.74, 6) is -0.0939. The van der Waals surface area contributed by atoms with E-state index in [2.05, 4.69) is 11.4 Å². The van der Waals surface area contributed by atoms with E-state index in [1.165, 1.54) is 11.6 Å². The number of carbonyl (C=O) groups is 2. The lowest BCUT2D eigenvalue weighted by molar-refractivity contribution is -0.144. The number of benzene rings is 2. The molecule has 3 rings (SSSR count). The maximum atomic E-state index is 12.1. The molecule has 5 nitrogen and oxygen atoms in total. The second kappa shape index (κ2) is 9.03. The Morgan fingerprint density at radius 2 is 1.93 bits per heavy atom. The lowest BCUT2D eigenvalue weighted by Crippen LogP contribution is -2.34. The van der Waals surface area contributed by atoms with Gasteiger partial charge in [-0.05, 0) is 54.2 Å². The molecule has 1 atom stereocenters. The topological polar surface area (TPSA) is 64.6 Å². The number of hydrogen-bond acceptors (Lipinski definition) is 4. The minimum Gasteiger partial charge on any atom is -0.497 e. The molecule has 0 saturated heterocycles. The Balaban J connectivity index is 1.47. The third-order valence-electron chi connectivity index (χ3n) is 4.58. The van der Waals surface area contributed by atoms with Crippen LogP contribution in [0.15, 0.2) is 54.6 Å². The first kappa shape index (κ1) is 18.7. The molecular formula is C22H23NO4. The second-order valence-corrected chi connectivity index (χ2v) is 6.43. The summed E-state index contributed by atoms with van der Waals surface area (Å²) in [6.45, 7) is -0.287. The number of hydrogen-bond donors (Lipinski definition) is 1. The molecule has 1 aliphatic carbocycles. The summed E-state index contributed by atoms with van der Waals surface area (Å²) in [6, 6.07) is 15.4. The van der Waals surface area contributed by atoms with E-state index in [0.717, 1.165) is 36.1 Å². The van der Waals surface area contributed by atoms with Gasteiger partial charge in [0, 0.05) is 6.08 Å². The number of fused-ring (bicyclic) bond motifs is 1. The largest absolute Gasteiger partial charge is 0.497 e. The van der Waals surface area contributed by atoms with Gasteiger partial charge in [-0.2, -0.15) is 0 Å². The molecule has 0 aliphatic heterocycles. The predicted octanol–water partition coefficient (Wildman–Crippen LogP) is 3.45. The Morgan fingerprint density at radius 3 is 2.70 bits per heavy atom. The smallest absolute Gasteiger partial charge is 0.331 e. The predicted molar refractivity (Wildman–Crippen MR) is 103 cm³/mol. The summed E-state index contributed by atoms with van der Waals surface area (Å²) < 4.78 is 10.1. The normalized spacial score (nSPS) is 15.8. The van der Waals surface area contributed by atoms with Crippen LogP contribution in [0.25, 0.3) is 6.08 Å². The summed E-state index contributed by atoms with van der Waals surface area (Å²) in [7, 11) is 1.60. The molecule has 0 fully saturated rings. The van der Waals surface area contributed by atoms with Crippen molar-refractivity contribution in [3.8, 4) is 5.75 Å². The second-order valence-electron chi connectivity index (χ2n) is 6.43. The Kier molecular flexibility index (Phi) is 6.26. The monoisotopic (exact) mass is 365 g/mol. The molecule has 0 aromatic heterocycles. The van der Waals surface area contributed by atoms with Crippen LogP contribution in [0.4, 0.5) is 0 Å². The standard InChI is InChI=1S/C22H23NO4/c1-26-18-12-9-16(10-13-18)11-14-22(25)27-15-21(24)23-20-8-4-6-17-5-2-3-7-19(17)20/h2-3,5,7,9-14,20H,4,6,8,15H2,1H3,(H,23,24)/b14-11+/t20-/m0/s1. The molecule has 0 bridgehead atoms. The molecule has 2 aromatic rings. The average molecular weight is 365 g/mol. The fraction of sp³-hybridized carbons (Fsp3) is 0.273. The van der Waals surface area contributed by atoms with Gasteiger partial charge in [0.25, 0.3) is 5.91 Å². The summed E-state index contributed by atoms with van der Waals surface area (Å²) in [5.41, 5.74) is 3.27. The molecule has 0 saturated carbocycles. The van der Waals surface area contributed by atoms with E-state index < -0.39 is 5.97 Å². The van der Waals surface area contributed by atoms with Gasteiger partial charge in [0.1, 0.15) is 5.75 Å². The molecule has 1 amide bonds. The van der Waals surface area contributed by atoms with Gasteiger partial charge in [-0.15, -0.1) is 0 Å². The van der Waals surface area contributed by atoms with Crippen LogP contribution in [-0.2, 0) is 20.7 Å². The van der Waals surface area contributed by atoms with Crippen LogP contribution in [0.3, 0.4) is 0 Å². The highest BCUT2D eigenvalue weighted by Crippen LogP contribution is 2.29. The molecule has 27 heavy (non-hydrogen) atoms. The molecule has 2 aromatic carbocycles. The molecule has 5 heteroatoms. The quantitative estimate of drug-likeness (QED) is 0.629. The van der Waals surface area contributed by atoms with E-state index in [-0.39, 0.29) is 18.6 Å². The number of methoxy groups -OCH3 is 1. The van der Waals surface area contributed by atoms with Crippen molar-refractivity contribution in [2.75, 3.05) is 13.7 Å². The number of aryl methyl sites for hydroxylation is 1. The van der Waals surface area contributed by atoms with Gasteiger partial charge in [-0.25, -0.2) is 4.79 Å². The maximum absolute atomic E-state index is 12.1. The summed E-state index contributed by atoms with van der Waals surface area (Å²) in [6.07, 6.45) is 5.91. The Bertz CT molecular complexity index is 826. The van der Waals surface area contributed by atoms with E-state index in [4.69, 9.17) is 9.47 Å². The zero-order valence-electron chi connectivity index (χ0n) is 15.3. The summed E-state index contributed by atoms with van der Waals surface area (Å²) in [5, 5.41) is 2.96. The lowest BCUT2D eigenvalue weighted by atomic mass is 9.88. The number of amides is 1. The van der Waals surface area contributed by atoms with Crippen LogP contribution in [0, 0.1) is 0 Å². The number of nitrogens with one attached hydrogen (secondary N) is 1. The zero-order valence-corrected chi connectivity index (χ0v) is 15.3. The van der Waals surface area contributed by atoms with Crippen LogP contribution in [-0.4, -0.2) is 25.6 Å². The third kappa shape index (κ3) is 5.20. The number of carbonyl (C=O) groups excluding carboxylic acids is 2. The first-order valence-corrected chi connectivity index (χ1v) is 9.02. The van der Waals surface area contributed by atoms with Gasteiger partial charge in [0.2, 0.25) is 0 Å². The Hall–Kier alpha value is -3.08. The Labute approximate surface area is 159 Å². The first-order chi connectivity index (χ1) is 13.2. The van der Waals surface area contributed by atoms with Crippen LogP contribution < -0.4 is 10.1 Å². The van der Waals surface area contributed by atoms with Gasteiger partial charge in [-0.1, -0.05) is 36.4 Å². The van der Waals surface area contributed by atoms with Crippen molar-refractivity contribution in [1.29, 1.82) is 0 Å². The number of ether oxygens (including phenoxy) is 2. The first-order valence-electron chi connectivity index (χ1n) is 9.02. The SMILES string of the molecule is COc1ccc(/C=C/C(=O)OCC(=O)N[C@H]2CCCc3ccccc32)cc1. The fourth-order valence-electron chi connectivity index (χ4n) is 3.20. The van der Waals surface area contributed by atoms with Crippen molar-refractivity contribution >= 4 is 18.0 Å². The van der Waals surface area contributed by atoms with Crippen molar-refractivity contribution in [2.45, 2.75) is 25.3 Å². The van der Waals surface area contributed by atoms with E-state index in [9.17, 15) is 9.59 Å². The van der Waals surface area contributed by atoms with Gasteiger partial charge in [-0.3, -0.25) is 4.79 Å². The molecule has 1 N–H and O–H groups in total. The number of rotatable bonds is 6. The molecule has 0 spiro atoms. The molecule has 0 unspecified atom stereocenters. The highest BCUT2D eigenvalue weighted by atomic mass is 16.5. The highest BCUT2D eigenvalue weighted by molar-refractivity contribution is 5.89. The van der Waals surface area contributed by atoms with Crippen molar-refractivity contribution in [3.63, 3.8) is 0 Å². The lowest BCUT2D eigenvalue weighted by Gasteiger charge is -2.26. The van der Waals surface area contributed by atoms with Crippen LogP contribution in [0.1, 0.15) is 35.6 Å². The molecule has 0 heterocycles. The highest BCUT2D eigenvalue weighted by Gasteiger charge is 2.21. The Morgan fingerprint density at radius 1 is 1.15 bits per heavy atom. The van der Waals surface area contributed by atoms with Crippen molar-refractivity contribution in [3.05, 3.63) is 71.3 Å². The van der Waals surface area contributed by atoms with E-state index >= 15 is 0 Å². The van der Waals surface area contributed by atoms with Crippen molar-refractivity contribution < 1.29 is 19.1 Å². The molecule has 0 radical (unpaired) electrons. The van der Waals surface area contributed by atoms with Gasteiger partial charge < -0.3 is 14.8 Å². The molecule has 140 valence electrons. The fourth-order valence-corrected chi connectivity index (χ4v) is 3.20. The van der Waals surface area contributed by atoms with Crippen LogP contribution in [0.2, 0.25) is 0 Å². The van der Waals surface area contributed by atoms with E-state index in [1.54, 1.807) is 25.3 Å². The van der Waals surface area contributed by atoms with Gasteiger partial charge >= 0.3 is 5.97 Å². The van der Waals surface area contributed by atoms with Gasteiger partial charge in [0.05, 0.1) is 13.2 Å². The zero-order chi connectivity index (χ0) is 19.1. The summed E-state index contributed by atoms with van der Waals surface area (Å²) in [4.78, 5) is 24.0. The van der Waals surface area contributed by atoms with Crippen molar-refractivity contribution in [1.82, 2.24) is 5.32 Å². The van der Waals surface area contributed by atoms with Gasteiger partial charge in [0.15, 0.2) is 6.61 Å². The van der Waals surface area contributed by atoms with E-state index in [1.807, 2.05) is 30.3 Å². The minimum absolute atomic E-state index is 0.0176. The van der Waals surface area contributed by atoms with Crippen LogP contribution >= 0.6 is 0 Å². The molecule has 1 aliphatic rings. The molecular weight excluding hydrogens is 342 g/mol. The summed E-state index contributed by atoms with van der Waals surface area (Å²) >= 11 is 0. The minimum atomic E-state index is -0.551. The average Bonchev–Trinajstić information content (AvgIpc) is 2.71. The maximum Gasteiger partial charge on any atom is 0.331 e. The number of esters is 1. The third-order valence-corrected chi connectivity index (χ3v) is 4.58. The van der Waals surface area contributed by atoms with Crippen molar-refractivity contribution in [2.24, 2.45) is 0 Å². The van der Waals surface area contributed by atoms with Crippen LogP contribution in [0.5, 0.6) is 5.75 Å². The van der Waals surface area contributed by atoms with E-state index in [0.29, 0.717) is 0 Å².